The van der Waals surface area contributed by atoms with E-state index < -0.39 is 0 Å². The van der Waals surface area contributed by atoms with Crippen LogP contribution in [0.2, 0.25) is 0 Å². The van der Waals surface area contributed by atoms with Gasteiger partial charge in [0.15, 0.2) is 0 Å². The summed E-state index contributed by atoms with van der Waals surface area (Å²) in [6.07, 6.45) is 1.31. The van der Waals surface area contributed by atoms with Gasteiger partial charge in [-0.2, -0.15) is 0 Å². The van der Waals surface area contributed by atoms with Crippen LogP contribution in [0.15, 0.2) is 48.5 Å². The zero-order valence-corrected chi connectivity index (χ0v) is 14.7. The largest absolute Gasteiger partial charge is 0.494 e. The lowest BCUT2D eigenvalue weighted by Gasteiger charge is -2.26. The van der Waals surface area contributed by atoms with E-state index in [1.165, 1.54) is 11.1 Å². The highest BCUT2D eigenvalue weighted by Crippen LogP contribution is 2.33. The highest BCUT2D eigenvalue weighted by atomic mass is 16.6. The SMILES string of the molecule is CCCOc1ccc(C(C)(C)c2ccc(OC[C@H]3CO3)cc2)cc1. The van der Waals surface area contributed by atoms with Crippen molar-refractivity contribution in [2.75, 3.05) is 19.8 Å². The van der Waals surface area contributed by atoms with Crippen LogP contribution in [0.1, 0.15) is 38.3 Å². The van der Waals surface area contributed by atoms with Gasteiger partial charge in [0, 0.05) is 5.41 Å². The van der Waals surface area contributed by atoms with Gasteiger partial charge in [0.2, 0.25) is 0 Å². The molecule has 2 aromatic rings. The fourth-order valence-corrected chi connectivity index (χ4v) is 2.68. The van der Waals surface area contributed by atoms with E-state index in [1.807, 2.05) is 12.1 Å². The van der Waals surface area contributed by atoms with Crippen molar-refractivity contribution in [3.8, 4) is 11.5 Å². The van der Waals surface area contributed by atoms with Gasteiger partial charge in [-0.1, -0.05) is 45.0 Å². The Balaban J connectivity index is 1.68. The maximum Gasteiger partial charge on any atom is 0.119 e. The Bertz CT molecular complexity index is 640. The van der Waals surface area contributed by atoms with Gasteiger partial charge in [0.25, 0.3) is 0 Å². The Morgan fingerprint density at radius 2 is 1.42 bits per heavy atom. The second kappa shape index (κ2) is 7.27. The van der Waals surface area contributed by atoms with Crippen LogP contribution in [0, 0.1) is 0 Å². The van der Waals surface area contributed by atoms with E-state index >= 15 is 0 Å². The second-order valence-electron chi connectivity index (χ2n) is 6.79. The minimum atomic E-state index is -0.0680. The average molecular weight is 326 g/mol. The fourth-order valence-electron chi connectivity index (χ4n) is 2.68. The Morgan fingerprint density at radius 3 is 1.88 bits per heavy atom. The van der Waals surface area contributed by atoms with E-state index in [0.717, 1.165) is 31.1 Å². The van der Waals surface area contributed by atoms with Crippen molar-refractivity contribution in [1.29, 1.82) is 0 Å². The predicted octanol–water partition coefficient (Wildman–Crippen LogP) is 4.58. The molecule has 0 N–H and O–H groups in total. The summed E-state index contributed by atoms with van der Waals surface area (Å²) in [5, 5.41) is 0. The molecule has 0 spiro atoms. The van der Waals surface area contributed by atoms with E-state index in [4.69, 9.17) is 14.2 Å². The molecule has 0 amide bonds. The standard InChI is InChI=1S/C21H26O3/c1-4-13-22-18-9-5-16(6-10-18)21(2,3)17-7-11-19(12-8-17)23-14-20-15-24-20/h5-12,20H,4,13-15H2,1-3H3/t20-/m0/s1. The first-order valence-electron chi connectivity index (χ1n) is 8.68. The van der Waals surface area contributed by atoms with Gasteiger partial charge in [-0.05, 0) is 41.8 Å². The Morgan fingerprint density at radius 1 is 0.917 bits per heavy atom. The van der Waals surface area contributed by atoms with E-state index in [0.29, 0.717) is 6.61 Å². The predicted molar refractivity (Wildman–Crippen MR) is 96.0 cm³/mol. The van der Waals surface area contributed by atoms with Gasteiger partial charge in [-0.25, -0.2) is 0 Å². The molecular formula is C21H26O3. The fraction of sp³-hybridized carbons (Fsp3) is 0.429. The number of hydrogen-bond acceptors (Lipinski definition) is 3. The van der Waals surface area contributed by atoms with Crippen LogP contribution >= 0.6 is 0 Å². The van der Waals surface area contributed by atoms with E-state index in [2.05, 4.69) is 57.2 Å². The lowest BCUT2D eigenvalue weighted by Crippen LogP contribution is -2.18. The van der Waals surface area contributed by atoms with Gasteiger partial charge in [0.1, 0.15) is 24.2 Å². The quantitative estimate of drug-likeness (QED) is 0.665. The molecular weight excluding hydrogens is 300 g/mol. The van der Waals surface area contributed by atoms with Crippen LogP contribution in [-0.4, -0.2) is 25.9 Å². The zero-order chi connectivity index (χ0) is 17.0. The molecule has 24 heavy (non-hydrogen) atoms. The number of epoxide rings is 1. The third-order valence-corrected chi connectivity index (χ3v) is 4.46. The van der Waals surface area contributed by atoms with Crippen LogP contribution in [0.4, 0.5) is 0 Å². The molecule has 1 saturated heterocycles. The van der Waals surface area contributed by atoms with E-state index in [-0.39, 0.29) is 11.5 Å². The van der Waals surface area contributed by atoms with Gasteiger partial charge < -0.3 is 14.2 Å². The summed E-state index contributed by atoms with van der Waals surface area (Å²) in [5.74, 6) is 1.83. The van der Waals surface area contributed by atoms with Crippen molar-refractivity contribution >= 4 is 0 Å². The minimum Gasteiger partial charge on any atom is -0.494 e. The summed E-state index contributed by atoms with van der Waals surface area (Å²) in [6.45, 7) is 8.81. The van der Waals surface area contributed by atoms with Crippen molar-refractivity contribution in [2.45, 2.75) is 38.7 Å². The normalized spacial score (nSPS) is 16.7. The first-order chi connectivity index (χ1) is 11.6. The molecule has 3 rings (SSSR count). The molecule has 3 heteroatoms. The number of benzene rings is 2. The molecule has 3 nitrogen and oxygen atoms in total. The van der Waals surface area contributed by atoms with Crippen molar-refractivity contribution < 1.29 is 14.2 Å². The molecule has 0 saturated carbocycles. The van der Waals surface area contributed by atoms with Crippen LogP contribution < -0.4 is 9.47 Å². The van der Waals surface area contributed by atoms with Crippen molar-refractivity contribution in [1.82, 2.24) is 0 Å². The minimum absolute atomic E-state index is 0.0680. The van der Waals surface area contributed by atoms with Crippen molar-refractivity contribution in [2.24, 2.45) is 0 Å². The third-order valence-electron chi connectivity index (χ3n) is 4.46. The zero-order valence-electron chi connectivity index (χ0n) is 14.7. The van der Waals surface area contributed by atoms with Gasteiger partial charge in [-0.15, -0.1) is 0 Å². The first-order valence-corrected chi connectivity index (χ1v) is 8.68. The second-order valence-corrected chi connectivity index (χ2v) is 6.79. The van der Waals surface area contributed by atoms with Crippen LogP contribution in [0.25, 0.3) is 0 Å². The van der Waals surface area contributed by atoms with Gasteiger partial charge in [0.05, 0.1) is 13.2 Å². The molecule has 0 radical (unpaired) electrons. The molecule has 0 bridgehead atoms. The highest BCUT2D eigenvalue weighted by Gasteiger charge is 2.24. The molecule has 0 aliphatic carbocycles. The summed E-state index contributed by atoms with van der Waals surface area (Å²) in [6, 6.07) is 16.8. The van der Waals surface area contributed by atoms with Crippen LogP contribution in [0.3, 0.4) is 0 Å². The van der Waals surface area contributed by atoms with E-state index in [9.17, 15) is 0 Å². The Kier molecular flexibility index (Phi) is 5.10. The third kappa shape index (κ3) is 4.09. The molecule has 2 aromatic carbocycles. The van der Waals surface area contributed by atoms with Crippen LogP contribution in [-0.2, 0) is 10.2 Å². The lowest BCUT2D eigenvalue weighted by atomic mass is 9.78. The molecule has 1 fully saturated rings. The molecule has 1 aliphatic heterocycles. The van der Waals surface area contributed by atoms with Gasteiger partial charge >= 0.3 is 0 Å². The molecule has 1 aliphatic rings. The lowest BCUT2D eigenvalue weighted by molar-refractivity contribution is 0.263. The maximum absolute atomic E-state index is 5.72. The Labute approximate surface area is 144 Å². The molecule has 1 heterocycles. The van der Waals surface area contributed by atoms with E-state index in [1.54, 1.807) is 0 Å². The molecule has 1 atom stereocenters. The monoisotopic (exact) mass is 326 g/mol. The number of ether oxygens (including phenoxy) is 3. The van der Waals surface area contributed by atoms with Crippen molar-refractivity contribution in [3.63, 3.8) is 0 Å². The molecule has 0 aromatic heterocycles. The highest BCUT2D eigenvalue weighted by molar-refractivity contribution is 5.41. The summed E-state index contributed by atoms with van der Waals surface area (Å²) in [7, 11) is 0. The number of hydrogen-bond donors (Lipinski definition) is 0. The summed E-state index contributed by atoms with van der Waals surface area (Å²) in [5.41, 5.74) is 2.47. The summed E-state index contributed by atoms with van der Waals surface area (Å²) >= 11 is 0. The van der Waals surface area contributed by atoms with Gasteiger partial charge in [-0.3, -0.25) is 0 Å². The summed E-state index contributed by atoms with van der Waals surface area (Å²) < 4.78 is 16.5. The first kappa shape index (κ1) is 16.8. The smallest absolute Gasteiger partial charge is 0.119 e. The number of rotatable bonds is 8. The topological polar surface area (TPSA) is 31.0 Å². The summed E-state index contributed by atoms with van der Waals surface area (Å²) in [4.78, 5) is 0. The molecule has 128 valence electrons. The van der Waals surface area contributed by atoms with Crippen molar-refractivity contribution in [3.05, 3.63) is 59.7 Å². The molecule has 0 unspecified atom stereocenters. The Hall–Kier alpha value is -2.00. The average Bonchev–Trinajstić information content (AvgIpc) is 3.43. The van der Waals surface area contributed by atoms with Crippen LogP contribution in [0.5, 0.6) is 11.5 Å². The maximum atomic E-state index is 5.72.